The van der Waals surface area contributed by atoms with Crippen molar-refractivity contribution in [2.45, 2.75) is 64.0 Å². The summed E-state index contributed by atoms with van der Waals surface area (Å²) in [4.78, 5) is 40.2. The molecule has 7 heteroatoms. The molecule has 0 unspecified atom stereocenters. The van der Waals surface area contributed by atoms with Crippen LogP contribution in [0, 0.1) is 0 Å². The topological polar surface area (TPSA) is 84.9 Å². The van der Waals surface area contributed by atoms with E-state index in [1.165, 1.54) is 0 Å². The van der Waals surface area contributed by atoms with E-state index in [1.807, 2.05) is 36.4 Å². The van der Waals surface area contributed by atoms with E-state index in [0.29, 0.717) is 13.1 Å². The fourth-order valence-electron chi connectivity index (χ4n) is 4.80. The Morgan fingerprint density at radius 2 is 1.51 bits per heavy atom. The second kappa shape index (κ2) is 10.5. The molecule has 0 spiro atoms. The monoisotopic (exact) mass is 478 g/mol. The minimum Gasteiger partial charge on any atom is -0.458 e. The van der Waals surface area contributed by atoms with Crippen LogP contribution >= 0.6 is 0 Å². The zero-order chi connectivity index (χ0) is 25.0. The van der Waals surface area contributed by atoms with Crippen molar-refractivity contribution in [2.75, 3.05) is 19.7 Å². The molecule has 1 saturated heterocycles. The third-order valence-corrected chi connectivity index (χ3v) is 6.41. The number of piperidine rings is 1. The lowest BCUT2D eigenvalue weighted by atomic mass is 9.98. The second-order valence-corrected chi connectivity index (χ2v) is 10.2. The number of hydrogen-bond acceptors (Lipinski definition) is 5. The third-order valence-electron chi connectivity index (χ3n) is 6.41. The average Bonchev–Trinajstić information content (AvgIpc) is 3.15. The Balaban J connectivity index is 1.43. The van der Waals surface area contributed by atoms with Gasteiger partial charge in [-0.1, -0.05) is 48.5 Å². The molecule has 35 heavy (non-hydrogen) atoms. The quantitative estimate of drug-likeness (QED) is 0.612. The number of ether oxygens (including phenoxy) is 2. The molecule has 2 aliphatic rings. The first kappa shape index (κ1) is 24.8. The van der Waals surface area contributed by atoms with Gasteiger partial charge in [0.25, 0.3) is 0 Å². The van der Waals surface area contributed by atoms with Crippen molar-refractivity contribution in [3.63, 3.8) is 0 Å². The highest BCUT2D eigenvalue weighted by atomic mass is 16.6. The Kier molecular flexibility index (Phi) is 7.43. The normalized spacial score (nSPS) is 16.1. The van der Waals surface area contributed by atoms with Crippen molar-refractivity contribution in [3.05, 3.63) is 59.7 Å². The van der Waals surface area contributed by atoms with E-state index >= 15 is 0 Å². The van der Waals surface area contributed by atoms with Gasteiger partial charge in [-0.05, 0) is 62.3 Å². The van der Waals surface area contributed by atoms with Gasteiger partial charge < -0.3 is 19.7 Å². The van der Waals surface area contributed by atoms with Crippen molar-refractivity contribution in [1.29, 1.82) is 0 Å². The minimum atomic E-state index is -1.11. The van der Waals surface area contributed by atoms with Crippen molar-refractivity contribution >= 4 is 18.0 Å². The SMILES string of the molecule is CC(C)(C)OC(=O)[C@H](CC(=O)N1CCCCC1)NC(=O)OCC1c2ccccc2-c2ccccc21. The van der Waals surface area contributed by atoms with Gasteiger partial charge in [-0.2, -0.15) is 0 Å². The van der Waals surface area contributed by atoms with Crippen LogP contribution in [0.2, 0.25) is 0 Å². The average molecular weight is 479 g/mol. The standard InChI is InChI=1S/C28H34N2O5/c1-28(2,3)35-26(32)24(17-25(31)30-15-9-4-10-16-30)29-27(33)34-18-23-21-13-7-5-11-19(21)20-12-6-8-14-22(20)23/h5-8,11-14,23-24H,4,9-10,15-18H2,1-3H3,(H,29,33)/t24-/m0/s1. The maximum Gasteiger partial charge on any atom is 0.407 e. The zero-order valence-electron chi connectivity index (χ0n) is 20.7. The highest BCUT2D eigenvalue weighted by Gasteiger charge is 2.33. The summed E-state index contributed by atoms with van der Waals surface area (Å²) >= 11 is 0. The molecule has 4 rings (SSSR count). The summed E-state index contributed by atoms with van der Waals surface area (Å²) in [7, 11) is 0. The fourth-order valence-corrected chi connectivity index (χ4v) is 4.80. The zero-order valence-corrected chi connectivity index (χ0v) is 20.7. The summed E-state index contributed by atoms with van der Waals surface area (Å²) in [6.45, 7) is 6.72. The van der Waals surface area contributed by atoms with Gasteiger partial charge in [0, 0.05) is 19.0 Å². The molecule has 2 amide bonds. The molecule has 1 N–H and O–H groups in total. The molecule has 1 fully saturated rings. The molecule has 1 heterocycles. The maximum absolute atomic E-state index is 12.8. The molecule has 1 aliphatic heterocycles. The number of fused-ring (bicyclic) bond motifs is 3. The summed E-state index contributed by atoms with van der Waals surface area (Å²) in [6.07, 6.45) is 2.09. The first-order valence-electron chi connectivity index (χ1n) is 12.3. The Morgan fingerprint density at radius 3 is 2.09 bits per heavy atom. The lowest BCUT2D eigenvalue weighted by Gasteiger charge is -2.29. The molecule has 2 aromatic carbocycles. The van der Waals surface area contributed by atoms with Gasteiger partial charge in [0.15, 0.2) is 0 Å². The van der Waals surface area contributed by atoms with Crippen LogP contribution in [-0.4, -0.2) is 54.2 Å². The van der Waals surface area contributed by atoms with Gasteiger partial charge >= 0.3 is 12.1 Å². The summed E-state index contributed by atoms with van der Waals surface area (Å²) < 4.78 is 11.1. The van der Waals surface area contributed by atoms with Gasteiger partial charge in [-0.15, -0.1) is 0 Å². The molecule has 0 radical (unpaired) electrons. The predicted octanol–water partition coefficient (Wildman–Crippen LogP) is 4.64. The molecular formula is C28H34N2O5. The summed E-state index contributed by atoms with van der Waals surface area (Å²) in [6, 6.07) is 15.1. The highest BCUT2D eigenvalue weighted by Crippen LogP contribution is 2.44. The van der Waals surface area contributed by atoms with Crippen LogP contribution in [0.15, 0.2) is 48.5 Å². The maximum atomic E-state index is 12.8. The number of hydrogen-bond donors (Lipinski definition) is 1. The van der Waals surface area contributed by atoms with Crippen molar-refractivity contribution < 1.29 is 23.9 Å². The molecule has 2 aromatic rings. The smallest absolute Gasteiger partial charge is 0.407 e. The van der Waals surface area contributed by atoms with Crippen LogP contribution < -0.4 is 5.32 Å². The van der Waals surface area contributed by atoms with E-state index in [1.54, 1.807) is 25.7 Å². The van der Waals surface area contributed by atoms with Gasteiger partial charge in [0.2, 0.25) is 5.91 Å². The summed E-state index contributed by atoms with van der Waals surface area (Å²) in [5.74, 6) is -0.904. The molecule has 7 nitrogen and oxygen atoms in total. The van der Waals surface area contributed by atoms with E-state index in [9.17, 15) is 14.4 Å². The summed E-state index contributed by atoms with van der Waals surface area (Å²) in [5, 5.41) is 2.60. The fraction of sp³-hybridized carbons (Fsp3) is 0.464. The number of amides is 2. The molecule has 0 aromatic heterocycles. The van der Waals surface area contributed by atoms with Crippen LogP contribution in [0.5, 0.6) is 0 Å². The number of benzene rings is 2. The highest BCUT2D eigenvalue weighted by molar-refractivity contribution is 5.88. The van der Waals surface area contributed by atoms with E-state index in [4.69, 9.17) is 9.47 Å². The third kappa shape index (κ3) is 6.02. The second-order valence-electron chi connectivity index (χ2n) is 10.2. The number of likely N-dealkylation sites (tertiary alicyclic amines) is 1. The van der Waals surface area contributed by atoms with Gasteiger partial charge in [-0.25, -0.2) is 9.59 Å². The van der Waals surface area contributed by atoms with Gasteiger partial charge in [0.05, 0.1) is 6.42 Å². The number of rotatable bonds is 6. The Bertz CT molecular complexity index is 1040. The number of alkyl carbamates (subject to hydrolysis) is 1. The largest absolute Gasteiger partial charge is 0.458 e. The molecule has 186 valence electrons. The number of nitrogens with zero attached hydrogens (tertiary/aromatic N) is 1. The van der Waals surface area contributed by atoms with E-state index < -0.39 is 23.7 Å². The number of carbonyl (C=O) groups is 3. The van der Waals surface area contributed by atoms with Crippen LogP contribution in [0.1, 0.15) is 63.5 Å². The number of nitrogens with one attached hydrogen (secondary N) is 1. The number of esters is 1. The summed E-state index contributed by atoms with van der Waals surface area (Å²) in [5.41, 5.74) is 3.73. The molecule has 0 saturated carbocycles. The van der Waals surface area contributed by atoms with Crippen LogP contribution in [0.25, 0.3) is 11.1 Å². The lowest BCUT2D eigenvalue weighted by Crippen LogP contribution is -2.48. The number of carbonyl (C=O) groups excluding carboxylic acids is 3. The van der Waals surface area contributed by atoms with Crippen molar-refractivity contribution in [1.82, 2.24) is 10.2 Å². The Hall–Kier alpha value is -3.35. The van der Waals surface area contributed by atoms with Crippen molar-refractivity contribution in [2.24, 2.45) is 0 Å². The molecule has 1 atom stereocenters. The van der Waals surface area contributed by atoms with Crippen LogP contribution in [0.4, 0.5) is 4.79 Å². The van der Waals surface area contributed by atoms with Gasteiger partial charge in [-0.3, -0.25) is 4.79 Å². The Labute approximate surface area is 206 Å². The van der Waals surface area contributed by atoms with E-state index in [2.05, 4.69) is 17.4 Å². The van der Waals surface area contributed by atoms with Crippen LogP contribution in [-0.2, 0) is 19.1 Å². The molecular weight excluding hydrogens is 444 g/mol. The lowest BCUT2D eigenvalue weighted by molar-refractivity contribution is -0.159. The van der Waals surface area contributed by atoms with Crippen molar-refractivity contribution in [3.8, 4) is 11.1 Å². The first-order valence-corrected chi connectivity index (χ1v) is 12.3. The van der Waals surface area contributed by atoms with Gasteiger partial charge in [0.1, 0.15) is 18.2 Å². The molecule has 0 bridgehead atoms. The van der Waals surface area contributed by atoms with E-state index in [-0.39, 0.29) is 24.9 Å². The first-order chi connectivity index (χ1) is 16.7. The minimum absolute atomic E-state index is 0.0943. The Morgan fingerprint density at radius 1 is 0.943 bits per heavy atom. The van der Waals surface area contributed by atoms with Crippen LogP contribution in [0.3, 0.4) is 0 Å². The predicted molar refractivity (Wildman–Crippen MR) is 133 cm³/mol. The van der Waals surface area contributed by atoms with E-state index in [0.717, 1.165) is 41.5 Å². The molecule has 1 aliphatic carbocycles.